The molecule has 0 bridgehead atoms. The quantitative estimate of drug-likeness (QED) is 0.623. The van der Waals surface area contributed by atoms with Crippen molar-refractivity contribution in [3.8, 4) is 0 Å². The number of nitrogens with two attached hydrogens (primary N) is 1. The molecule has 25 heavy (non-hydrogen) atoms. The fourth-order valence-corrected chi connectivity index (χ4v) is 3.40. The molecule has 0 unspecified atom stereocenters. The van der Waals surface area contributed by atoms with E-state index in [-0.39, 0.29) is 12.3 Å². The van der Waals surface area contributed by atoms with Crippen LogP contribution in [-0.2, 0) is 17.8 Å². The number of fused-ring (bicyclic) bond motifs is 3. The van der Waals surface area contributed by atoms with Gasteiger partial charge >= 0.3 is 0 Å². The van der Waals surface area contributed by atoms with Gasteiger partial charge in [-0.15, -0.1) is 10.2 Å². The minimum Gasteiger partial charge on any atom is -0.369 e. The molecule has 4 rings (SSSR count). The Kier molecular flexibility index (Phi) is 3.53. The van der Waals surface area contributed by atoms with Gasteiger partial charge in [-0.05, 0) is 43.2 Å². The number of primary amides is 1. The van der Waals surface area contributed by atoms with Gasteiger partial charge in [0.1, 0.15) is 5.82 Å². The fraction of sp³-hybridized carbons (Fsp3) is 0.211. The molecule has 6 nitrogen and oxygen atoms in total. The third-order valence-corrected chi connectivity index (χ3v) is 4.52. The summed E-state index contributed by atoms with van der Waals surface area (Å²) in [5, 5.41) is 8.36. The number of rotatable bonds is 4. The van der Waals surface area contributed by atoms with Gasteiger partial charge in [0.2, 0.25) is 5.91 Å². The van der Waals surface area contributed by atoms with Crippen LogP contribution in [0.4, 0.5) is 0 Å². The van der Waals surface area contributed by atoms with Gasteiger partial charge in [-0.1, -0.05) is 24.3 Å². The molecule has 0 aliphatic rings. The maximum atomic E-state index is 11.2. The first kappa shape index (κ1) is 15.4. The number of aromatic nitrogens is 4. The highest BCUT2D eigenvalue weighted by atomic mass is 16.1. The van der Waals surface area contributed by atoms with E-state index in [1.165, 1.54) is 0 Å². The van der Waals surface area contributed by atoms with Crippen LogP contribution in [0.15, 0.2) is 42.5 Å². The van der Waals surface area contributed by atoms with Gasteiger partial charge in [-0.25, -0.2) is 0 Å². The Hall–Kier alpha value is -3.15. The van der Waals surface area contributed by atoms with Crippen molar-refractivity contribution in [1.29, 1.82) is 0 Å². The van der Waals surface area contributed by atoms with Crippen LogP contribution in [-0.4, -0.2) is 25.1 Å². The van der Waals surface area contributed by atoms with Crippen LogP contribution in [0.25, 0.3) is 16.7 Å². The van der Waals surface area contributed by atoms with Crippen molar-refractivity contribution in [1.82, 2.24) is 19.2 Å². The molecule has 6 heteroatoms. The molecule has 1 aromatic carbocycles. The van der Waals surface area contributed by atoms with Gasteiger partial charge in [0, 0.05) is 12.2 Å². The molecular weight excluding hydrogens is 314 g/mol. The van der Waals surface area contributed by atoms with Crippen LogP contribution in [0.5, 0.6) is 0 Å². The highest BCUT2D eigenvalue weighted by molar-refractivity contribution is 5.81. The van der Waals surface area contributed by atoms with Crippen molar-refractivity contribution in [3.05, 3.63) is 65.1 Å². The molecule has 0 fully saturated rings. The van der Waals surface area contributed by atoms with E-state index in [0.717, 1.165) is 45.9 Å². The largest absolute Gasteiger partial charge is 0.369 e. The van der Waals surface area contributed by atoms with Crippen LogP contribution in [0.2, 0.25) is 0 Å². The molecule has 0 spiro atoms. The number of hydrogen-bond acceptors (Lipinski definition) is 3. The molecule has 2 N–H and O–H groups in total. The first-order chi connectivity index (χ1) is 12.0. The normalized spacial score (nSPS) is 11.4. The number of carbonyl (C=O) groups is 1. The number of pyridine rings is 1. The molecule has 0 atom stereocenters. The summed E-state index contributed by atoms with van der Waals surface area (Å²) in [4.78, 5) is 11.2. The first-order valence-corrected chi connectivity index (χ1v) is 8.19. The maximum absolute atomic E-state index is 11.2. The van der Waals surface area contributed by atoms with E-state index in [0.29, 0.717) is 0 Å². The summed E-state index contributed by atoms with van der Waals surface area (Å²) in [6.45, 7) is 4.78. The number of carbonyl (C=O) groups excluding carboxylic acids is 1. The summed E-state index contributed by atoms with van der Waals surface area (Å²) < 4.78 is 4.33. The zero-order chi connectivity index (χ0) is 17.6. The molecule has 0 aliphatic carbocycles. The zero-order valence-corrected chi connectivity index (χ0v) is 14.2. The lowest BCUT2D eigenvalue weighted by Gasteiger charge is -2.10. The Labute approximate surface area is 144 Å². The second-order valence-electron chi connectivity index (χ2n) is 6.38. The third-order valence-electron chi connectivity index (χ3n) is 4.52. The number of aryl methyl sites for hydroxylation is 2. The Bertz CT molecular complexity index is 1110. The monoisotopic (exact) mass is 333 g/mol. The predicted molar refractivity (Wildman–Crippen MR) is 96.4 cm³/mol. The molecule has 0 aliphatic heterocycles. The molecule has 0 saturated carbocycles. The van der Waals surface area contributed by atoms with Gasteiger partial charge in [0.25, 0.3) is 0 Å². The van der Waals surface area contributed by atoms with Gasteiger partial charge in [-0.3, -0.25) is 9.20 Å². The molecule has 1 amide bonds. The van der Waals surface area contributed by atoms with Crippen molar-refractivity contribution >= 4 is 22.6 Å². The molecule has 3 heterocycles. The lowest BCUT2D eigenvalue weighted by molar-refractivity contribution is -0.117. The SMILES string of the molecule is Cc1cc2c(ccc3nnc(C)n32)n1Cc1cccc(CC(N)=O)c1. The summed E-state index contributed by atoms with van der Waals surface area (Å²) in [6.07, 6.45) is 0.264. The summed E-state index contributed by atoms with van der Waals surface area (Å²) in [7, 11) is 0. The molecule has 4 aromatic rings. The number of hydrogen-bond donors (Lipinski definition) is 1. The second kappa shape index (κ2) is 5.73. The van der Waals surface area contributed by atoms with Crippen molar-refractivity contribution in [2.45, 2.75) is 26.8 Å². The van der Waals surface area contributed by atoms with Crippen LogP contribution >= 0.6 is 0 Å². The van der Waals surface area contributed by atoms with Gasteiger partial charge in [0.05, 0.1) is 17.5 Å². The number of benzene rings is 1. The van der Waals surface area contributed by atoms with Gasteiger partial charge < -0.3 is 10.3 Å². The maximum Gasteiger partial charge on any atom is 0.221 e. The number of nitrogens with zero attached hydrogens (tertiary/aromatic N) is 4. The highest BCUT2D eigenvalue weighted by Crippen LogP contribution is 2.23. The molecule has 126 valence electrons. The fourth-order valence-electron chi connectivity index (χ4n) is 3.40. The van der Waals surface area contributed by atoms with Crippen molar-refractivity contribution < 1.29 is 4.79 Å². The lowest BCUT2D eigenvalue weighted by Crippen LogP contribution is -2.13. The molecule has 0 saturated heterocycles. The van der Waals surface area contributed by atoms with Crippen molar-refractivity contribution in [2.75, 3.05) is 0 Å². The molecule has 0 radical (unpaired) electrons. The van der Waals surface area contributed by atoms with E-state index in [1.807, 2.05) is 31.2 Å². The van der Waals surface area contributed by atoms with E-state index in [9.17, 15) is 4.79 Å². The highest BCUT2D eigenvalue weighted by Gasteiger charge is 2.12. The number of amides is 1. The van der Waals surface area contributed by atoms with Crippen LogP contribution < -0.4 is 5.73 Å². The first-order valence-electron chi connectivity index (χ1n) is 8.19. The van der Waals surface area contributed by atoms with Crippen molar-refractivity contribution in [3.63, 3.8) is 0 Å². The average molecular weight is 333 g/mol. The minimum atomic E-state index is -0.315. The summed E-state index contributed by atoms with van der Waals surface area (Å²) in [5.41, 5.74) is 11.6. The second-order valence-corrected chi connectivity index (χ2v) is 6.38. The average Bonchev–Trinajstić information content (AvgIpc) is 3.08. The Morgan fingerprint density at radius 1 is 1.04 bits per heavy atom. The van der Waals surface area contributed by atoms with E-state index in [2.05, 4.69) is 44.3 Å². The van der Waals surface area contributed by atoms with E-state index >= 15 is 0 Å². The Morgan fingerprint density at radius 3 is 2.64 bits per heavy atom. The van der Waals surface area contributed by atoms with E-state index < -0.39 is 0 Å². The topological polar surface area (TPSA) is 78.2 Å². The summed E-state index contributed by atoms with van der Waals surface area (Å²) in [5.74, 6) is 0.562. The van der Waals surface area contributed by atoms with E-state index in [4.69, 9.17) is 5.73 Å². The molecule has 3 aromatic heterocycles. The summed E-state index contributed by atoms with van der Waals surface area (Å²) in [6, 6.07) is 14.2. The molecular formula is C19H19N5O. The van der Waals surface area contributed by atoms with Gasteiger partial charge in [-0.2, -0.15) is 0 Å². The standard InChI is InChI=1S/C19H19N5O/c1-12-8-17-16(6-7-19-22-21-13(2)24(17)19)23(12)11-15-5-3-4-14(9-15)10-18(20)25/h3-9H,10-11H2,1-2H3,(H2,20,25). The van der Waals surface area contributed by atoms with Crippen LogP contribution in [0.1, 0.15) is 22.6 Å². The van der Waals surface area contributed by atoms with Crippen LogP contribution in [0, 0.1) is 13.8 Å². The zero-order valence-electron chi connectivity index (χ0n) is 14.2. The van der Waals surface area contributed by atoms with Crippen LogP contribution in [0.3, 0.4) is 0 Å². The Balaban J connectivity index is 1.79. The Morgan fingerprint density at radius 2 is 1.84 bits per heavy atom. The van der Waals surface area contributed by atoms with Gasteiger partial charge in [0.15, 0.2) is 5.65 Å². The third kappa shape index (κ3) is 2.65. The predicted octanol–water partition coefficient (Wildman–Crippen LogP) is 2.38. The lowest BCUT2D eigenvalue weighted by atomic mass is 10.1. The van der Waals surface area contributed by atoms with Crippen molar-refractivity contribution in [2.24, 2.45) is 5.73 Å². The smallest absolute Gasteiger partial charge is 0.221 e. The van der Waals surface area contributed by atoms with E-state index in [1.54, 1.807) is 0 Å². The minimum absolute atomic E-state index is 0.264. The summed E-state index contributed by atoms with van der Waals surface area (Å²) >= 11 is 0.